The SMILES string of the molecule is O=C(NCc1cnc(Cl)s1)n1c2c(c3c(Cl)cccc31)CN(C/C=C/c1ccc(Cl)cc1)CC2. The molecule has 1 aliphatic heterocycles. The van der Waals surface area contributed by atoms with Gasteiger partial charge in [-0.05, 0) is 35.4 Å². The third kappa shape index (κ3) is 4.88. The zero-order valence-electron chi connectivity index (χ0n) is 18.1. The predicted molar refractivity (Wildman–Crippen MR) is 141 cm³/mol. The molecule has 0 atom stereocenters. The van der Waals surface area contributed by atoms with Gasteiger partial charge in [-0.2, -0.15) is 0 Å². The first-order valence-corrected chi connectivity index (χ1v) is 12.8. The lowest BCUT2D eigenvalue weighted by Crippen LogP contribution is -2.34. The number of thiazole rings is 1. The van der Waals surface area contributed by atoms with E-state index in [1.165, 1.54) is 11.3 Å². The van der Waals surface area contributed by atoms with E-state index >= 15 is 0 Å². The summed E-state index contributed by atoms with van der Waals surface area (Å²) in [7, 11) is 0. The Balaban J connectivity index is 1.38. The average molecular weight is 532 g/mol. The maximum atomic E-state index is 13.2. The molecule has 0 saturated carbocycles. The second-order valence-electron chi connectivity index (χ2n) is 8.07. The summed E-state index contributed by atoms with van der Waals surface area (Å²) in [5.41, 5.74) is 4.07. The van der Waals surface area contributed by atoms with Gasteiger partial charge in [0.2, 0.25) is 0 Å². The van der Waals surface area contributed by atoms with Gasteiger partial charge in [0, 0.05) is 53.2 Å². The Kier molecular flexibility index (Phi) is 6.95. The number of halogens is 3. The van der Waals surface area contributed by atoms with Crippen LogP contribution >= 0.6 is 46.1 Å². The second kappa shape index (κ2) is 10.1. The number of aromatic nitrogens is 2. The van der Waals surface area contributed by atoms with E-state index in [-0.39, 0.29) is 6.03 Å². The molecule has 5 rings (SSSR count). The fraction of sp³-hybridized carbons (Fsp3) is 0.200. The van der Waals surface area contributed by atoms with Gasteiger partial charge in [-0.25, -0.2) is 9.78 Å². The van der Waals surface area contributed by atoms with Gasteiger partial charge < -0.3 is 5.32 Å². The van der Waals surface area contributed by atoms with Crippen molar-refractivity contribution in [2.24, 2.45) is 0 Å². The molecule has 0 spiro atoms. The number of hydrogen-bond acceptors (Lipinski definition) is 4. The first-order valence-electron chi connectivity index (χ1n) is 10.8. The molecular weight excluding hydrogens is 511 g/mol. The van der Waals surface area contributed by atoms with E-state index in [2.05, 4.69) is 27.4 Å². The number of hydrogen-bond donors (Lipinski definition) is 1. The highest BCUT2D eigenvalue weighted by molar-refractivity contribution is 7.15. The van der Waals surface area contributed by atoms with Crippen LogP contribution in [0, 0.1) is 0 Å². The standard InChI is InChI=1S/C25H21Cl3N4OS/c26-17-8-6-16(7-9-17)3-2-11-31-12-10-21-19(15-31)23-20(27)4-1-5-22(23)32(21)25(33)30-14-18-13-29-24(28)34-18/h1-9,13H,10-12,14-15H2,(H,30,33)/b3-2+. The largest absolute Gasteiger partial charge is 0.332 e. The number of rotatable bonds is 5. The fourth-order valence-electron chi connectivity index (χ4n) is 4.33. The van der Waals surface area contributed by atoms with Crippen LogP contribution in [0.15, 0.2) is 54.7 Å². The van der Waals surface area contributed by atoms with Gasteiger partial charge in [0.05, 0.1) is 17.1 Å². The molecule has 0 fully saturated rings. The van der Waals surface area contributed by atoms with Gasteiger partial charge in [-0.3, -0.25) is 9.47 Å². The van der Waals surface area contributed by atoms with E-state index in [0.29, 0.717) is 16.0 Å². The number of benzene rings is 2. The minimum atomic E-state index is -0.172. The molecule has 1 N–H and O–H groups in total. The Bertz CT molecular complexity index is 1380. The van der Waals surface area contributed by atoms with Crippen LogP contribution in [-0.4, -0.2) is 33.6 Å². The molecule has 34 heavy (non-hydrogen) atoms. The van der Waals surface area contributed by atoms with Gasteiger partial charge >= 0.3 is 6.03 Å². The molecule has 0 aliphatic carbocycles. The van der Waals surface area contributed by atoms with Gasteiger partial charge in [0.15, 0.2) is 4.47 Å². The molecule has 0 saturated heterocycles. The van der Waals surface area contributed by atoms with Crippen LogP contribution in [-0.2, 0) is 19.5 Å². The van der Waals surface area contributed by atoms with Crippen LogP contribution < -0.4 is 5.32 Å². The highest BCUT2D eigenvalue weighted by Gasteiger charge is 2.27. The monoisotopic (exact) mass is 530 g/mol. The highest BCUT2D eigenvalue weighted by Crippen LogP contribution is 2.35. The van der Waals surface area contributed by atoms with E-state index in [0.717, 1.165) is 63.7 Å². The number of carbonyl (C=O) groups excluding carboxylic acids is 1. The molecule has 2 aromatic carbocycles. The summed E-state index contributed by atoms with van der Waals surface area (Å²) in [5, 5.41) is 5.34. The zero-order valence-corrected chi connectivity index (χ0v) is 21.2. The summed E-state index contributed by atoms with van der Waals surface area (Å²) in [6, 6.07) is 13.3. The van der Waals surface area contributed by atoms with Crippen LogP contribution in [0.25, 0.3) is 17.0 Å². The van der Waals surface area contributed by atoms with E-state index in [9.17, 15) is 4.79 Å². The third-order valence-electron chi connectivity index (χ3n) is 5.89. The number of fused-ring (bicyclic) bond motifs is 3. The number of nitrogens with one attached hydrogen (secondary N) is 1. The Morgan fingerprint density at radius 2 is 1.97 bits per heavy atom. The quantitative estimate of drug-likeness (QED) is 0.305. The van der Waals surface area contributed by atoms with Crippen LogP contribution in [0.2, 0.25) is 14.5 Å². The van der Waals surface area contributed by atoms with E-state index < -0.39 is 0 Å². The Labute approximate surface area is 216 Å². The van der Waals surface area contributed by atoms with Crippen LogP contribution in [0.4, 0.5) is 4.79 Å². The topological polar surface area (TPSA) is 50.2 Å². The summed E-state index contributed by atoms with van der Waals surface area (Å²) in [4.78, 5) is 20.5. The molecule has 2 aromatic heterocycles. The van der Waals surface area contributed by atoms with Gasteiger partial charge in [-0.15, -0.1) is 11.3 Å². The van der Waals surface area contributed by atoms with Crippen molar-refractivity contribution in [1.29, 1.82) is 0 Å². The van der Waals surface area contributed by atoms with Gasteiger partial charge in [0.1, 0.15) is 0 Å². The maximum Gasteiger partial charge on any atom is 0.326 e. The smallest absolute Gasteiger partial charge is 0.326 e. The maximum absolute atomic E-state index is 13.2. The highest BCUT2D eigenvalue weighted by atomic mass is 35.5. The molecule has 5 nitrogen and oxygen atoms in total. The summed E-state index contributed by atoms with van der Waals surface area (Å²) in [5.74, 6) is 0. The van der Waals surface area contributed by atoms with Gasteiger partial charge in [0.25, 0.3) is 0 Å². The van der Waals surface area contributed by atoms with Crippen molar-refractivity contribution in [1.82, 2.24) is 19.8 Å². The Morgan fingerprint density at radius 1 is 1.15 bits per heavy atom. The number of nitrogens with zero attached hydrogens (tertiary/aromatic N) is 3. The van der Waals surface area contributed by atoms with E-state index in [4.69, 9.17) is 34.8 Å². The summed E-state index contributed by atoms with van der Waals surface area (Å²) < 4.78 is 2.24. The van der Waals surface area contributed by atoms with Crippen LogP contribution in [0.5, 0.6) is 0 Å². The number of carbonyl (C=O) groups is 1. The lowest BCUT2D eigenvalue weighted by atomic mass is 10.0. The molecule has 174 valence electrons. The molecule has 1 aliphatic rings. The minimum Gasteiger partial charge on any atom is -0.332 e. The van der Waals surface area contributed by atoms with Crippen molar-refractivity contribution in [2.45, 2.75) is 19.5 Å². The fourth-order valence-corrected chi connectivity index (χ4v) is 5.66. The summed E-state index contributed by atoms with van der Waals surface area (Å²) in [6.07, 6.45) is 6.70. The number of amides is 1. The lowest BCUT2D eigenvalue weighted by molar-refractivity contribution is 0.240. The van der Waals surface area contributed by atoms with Crippen LogP contribution in [0.1, 0.15) is 21.7 Å². The van der Waals surface area contributed by atoms with Crippen molar-refractivity contribution in [3.05, 3.63) is 90.9 Å². The van der Waals surface area contributed by atoms with Crippen molar-refractivity contribution in [3.8, 4) is 0 Å². The summed E-state index contributed by atoms with van der Waals surface area (Å²) >= 11 is 19.9. The average Bonchev–Trinajstić information content (AvgIpc) is 3.40. The second-order valence-corrected chi connectivity index (χ2v) is 10.6. The van der Waals surface area contributed by atoms with Crippen molar-refractivity contribution >= 4 is 69.1 Å². The van der Waals surface area contributed by atoms with Crippen molar-refractivity contribution in [2.75, 3.05) is 13.1 Å². The normalized spacial score (nSPS) is 14.1. The Hall–Kier alpha value is -2.35. The van der Waals surface area contributed by atoms with Crippen molar-refractivity contribution in [3.63, 3.8) is 0 Å². The molecule has 3 heterocycles. The third-order valence-corrected chi connectivity index (χ3v) is 7.57. The van der Waals surface area contributed by atoms with Crippen molar-refractivity contribution < 1.29 is 4.79 Å². The lowest BCUT2D eigenvalue weighted by Gasteiger charge is -2.27. The van der Waals surface area contributed by atoms with Crippen LogP contribution in [0.3, 0.4) is 0 Å². The minimum absolute atomic E-state index is 0.172. The molecular formula is C25H21Cl3N4OS. The molecule has 0 unspecified atom stereocenters. The molecule has 0 radical (unpaired) electrons. The Morgan fingerprint density at radius 3 is 2.74 bits per heavy atom. The first-order chi connectivity index (χ1) is 16.5. The van der Waals surface area contributed by atoms with E-state index in [1.807, 2.05) is 42.5 Å². The van der Waals surface area contributed by atoms with E-state index in [1.54, 1.807) is 10.8 Å². The summed E-state index contributed by atoms with van der Waals surface area (Å²) in [6.45, 7) is 2.76. The molecule has 4 aromatic rings. The zero-order chi connectivity index (χ0) is 23.7. The predicted octanol–water partition coefficient (Wildman–Crippen LogP) is 6.89. The molecule has 9 heteroatoms. The molecule has 1 amide bonds. The molecule has 0 bridgehead atoms. The van der Waals surface area contributed by atoms with Gasteiger partial charge in [-0.1, -0.05) is 65.2 Å². The first kappa shape index (κ1) is 23.4.